The van der Waals surface area contributed by atoms with Crippen LogP contribution in [0, 0.1) is 11.8 Å². The Morgan fingerprint density at radius 1 is 1.00 bits per heavy atom. The molecule has 0 aromatic carbocycles. The monoisotopic (exact) mass is 284 g/mol. The molecule has 2 bridgehead atoms. The number of rotatable bonds is 2. The van der Waals surface area contributed by atoms with E-state index in [0.717, 1.165) is 6.92 Å². The van der Waals surface area contributed by atoms with Crippen LogP contribution < -0.4 is 0 Å². The molecule has 0 heterocycles. The molecule has 2 saturated carbocycles. The summed E-state index contributed by atoms with van der Waals surface area (Å²) < 4.78 is 49.4. The Morgan fingerprint density at radius 2 is 1.44 bits per heavy atom. The lowest BCUT2D eigenvalue weighted by molar-refractivity contribution is -0.161. The number of halogens is 3. The van der Waals surface area contributed by atoms with Crippen molar-refractivity contribution in [3.05, 3.63) is 0 Å². The number of fused-ring (bicyclic) bond motifs is 2. The Kier molecular flexibility index (Phi) is 4.56. The highest BCUT2D eigenvalue weighted by Gasteiger charge is 2.68. The molecular weight excluding hydrogens is 261 g/mol. The summed E-state index contributed by atoms with van der Waals surface area (Å²) in [5, 5.41) is 0. The maximum absolute atomic E-state index is 13.3. The molecule has 0 spiro atoms. The van der Waals surface area contributed by atoms with Crippen LogP contribution in [0.3, 0.4) is 0 Å². The van der Waals surface area contributed by atoms with Crippen molar-refractivity contribution in [1.29, 1.82) is 0 Å². The largest absolute Gasteiger partial charge is 0.398 e. The first-order chi connectivity index (χ1) is 8.08. The Balaban J connectivity index is 0.000000203. The minimum Gasteiger partial charge on any atom is -0.398 e. The Hall–Kier alpha value is -0.0731. The molecule has 3 atom stereocenters. The highest BCUT2D eigenvalue weighted by atomic mass is 28.4. The molecule has 2 aliphatic carbocycles. The molecule has 0 aliphatic heterocycles. The van der Waals surface area contributed by atoms with Gasteiger partial charge < -0.3 is 8.85 Å². The van der Waals surface area contributed by atoms with Gasteiger partial charge in [-0.05, 0) is 45.2 Å². The van der Waals surface area contributed by atoms with E-state index in [1.807, 2.05) is 13.1 Å². The van der Waals surface area contributed by atoms with Gasteiger partial charge >= 0.3 is 8.56 Å². The average molecular weight is 284 g/mol. The summed E-state index contributed by atoms with van der Waals surface area (Å²) >= 11 is 0. The van der Waals surface area contributed by atoms with Crippen molar-refractivity contribution in [3.8, 4) is 0 Å². The van der Waals surface area contributed by atoms with Crippen molar-refractivity contribution in [2.75, 3.05) is 14.2 Å². The number of hydrogen-bond donors (Lipinski definition) is 0. The van der Waals surface area contributed by atoms with Gasteiger partial charge in [0, 0.05) is 20.1 Å². The van der Waals surface area contributed by atoms with Crippen LogP contribution in [-0.2, 0) is 8.85 Å². The molecule has 0 N–H and O–H groups in total. The van der Waals surface area contributed by atoms with Gasteiger partial charge in [-0.3, -0.25) is 0 Å². The van der Waals surface area contributed by atoms with Gasteiger partial charge in [0.05, 0.1) is 0 Å². The molecule has 18 heavy (non-hydrogen) atoms. The van der Waals surface area contributed by atoms with Crippen molar-refractivity contribution < 1.29 is 22.0 Å². The summed E-state index contributed by atoms with van der Waals surface area (Å²) in [6, 6.07) is 0. The van der Waals surface area contributed by atoms with E-state index in [2.05, 4.69) is 0 Å². The molecule has 2 rings (SSSR count). The van der Waals surface area contributed by atoms with Gasteiger partial charge in [0.2, 0.25) is 0 Å². The standard InChI is InChI=1S/C8H11F3.C4H12O2Si/c1-7(9)5-2-3-6(4-5)8(7,10)11;1-5-7(3,4)6-2/h5-6H,2-4H2,1H3;1-4H3. The Bertz CT molecular complexity index is 269. The van der Waals surface area contributed by atoms with Crippen LogP contribution in [0.5, 0.6) is 0 Å². The predicted octanol–water partition coefficient (Wildman–Crippen LogP) is 3.76. The van der Waals surface area contributed by atoms with Crippen LogP contribution in [0.4, 0.5) is 13.2 Å². The molecule has 0 saturated heterocycles. The normalized spacial score (nSPS) is 37.3. The van der Waals surface area contributed by atoms with E-state index in [9.17, 15) is 13.2 Å². The van der Waals surface area contributed by atoms with Gasteiger partial charge in [-0.25, -0.2) is 13.2 Å². The van der Waals surface area contributed by atoms with E-state index in [-0.39, 0.29) is 5.92 Å². The van der Waals surface area contributed by atoms with Crippen molar-refractivity contribution in [2.24, 2.45) is 11.8 Å². The summed E-state index contributed by atoms with van der Waals surface area (Å²) in [4.78, 5) is 0. The highest BCUT2D eigenvalue weighted by molar-refractivity contribution is 6.64. The third-order valence-corrected chi connectivity index (χ3v) is 6.31. The van der Waals surface area contributed by atoms with Gasteiger partial charge in [0.15, 0.2) is 5.67 Å². The van der Waals surface area contributed by atoms with E-state index in [4.69, 9.17) is 8.85 Å². The molecule has 0 aromatic heterocycles. The van der Waals surface area contributed by atoms with E-state index >= 15 is 0 Å². The SMILES string of the molecule is CC1(F)C2CCC(C2)C1(F)F.CO[Si](C)(C)OC. The van der Waals surface area contributed by atoms with Crippen LogP contribution in [0.2, 0.25) is 13.1 Å². The molecule has 0 aromatic rings. The first-order valence-electron chi connectivity index (χ1n) is 6.25. The van der Waals surface area contributed by atoms with Crippen molar-refractivity contribution >= 4 is 8.56 Å². The minimum absolute atomic E-state index is 0.387. The molecule has 0 amide bonds. The fourth-order valence-corrected chi connectivity index (χ4v) is 2.72. The molecule has 2 aliphatic rings. The van der Waals surface area contributed by atoms with Crippen LogP contribution in [0.1, 0.15) is 26.2 Å². The Morgan fingerprint density at radius 3 is 1.61 bits per heavy atom. The Labute approximate surface area is 108 Å². The summed E-state index contributed by atoms with van der Waals surface area (Å²) in [6.45, 7) is 5.04. The van der Waals surface area contributed by atoms with Crippen molar-refractivity contribution in [3.63, 3.8) is 0 Å². The zero-order valence-corrected chi connectivity index (χ0v) is 12.7. The third kappa shape index (κ3) is 2.75. The van der Waals surface area contributed by atoms with E-state index < -0.39 is 26.1 Å². The molecule has 2 fully saturated rings. The van der Waals surface area contributed by atoms with Crippen LogP contribution in [0.25, 0.3) is 0 Å². The number of alkyl halides is 3. The zero-order valence-electron chi connectivity index (χ0n) is 11.7. The molecule has 108 valence electrons. The summed E-state index contributed by atoms with van der Waals surface area (Å²) in [6.07, 6.45) is 1.55. The van der Waals surface area contributed by atoms with Crippen LogP contribution in [-0.4, -0.2) is 34.4 Å². The van der Waals surface area contributed by atoms with Crippen LogP contribution >= 0.6 is 0 Å². The summed E-state index contributed by atoms with van der Waals surface area (Å²) in [7, 11) is 1.70. The predicted molar refractivity (Wildman–Crippen MR) is 66.8 cm³/mol. The topological polar surface area (TPSA) is 18.5 Å². The zero-order chi connectivity index (χ0) is 14.2. The molecule has 2 nitrogen and oxygen atoms in total. The quantitative estimate of drug-likeness (QED) is 0.719. The maximum Gasteiger partial charge on any atom is 0.331 e. The van der Waals surface area contributed by atoms with E-state index in [1.54, 1.807) is 14.2 Å². The second kappa shape index (κ2) is 5.13. The first-order valence-corrected chi connectivity index (χ1v) is 9.07. The van der Waals surface area contributed by atoms with Gasteiger partial charge in [0.25, 0.3) is 5.92 Å². The molecule has 6 heteroatoms. The smallest absolute Gasteiger partial charge is 0.331 e. The van der Waals surface area contributed by atoms with E-state index in [1.165, 1.54) is 0 Å². The second-order valence-corrected chi connectivity index (χ2v) is 9.33. The van der Waals surface area contributed by atoms with Gasteiger partial charge in [0.1, 0.15) is 0 Å². The van der Waals surface area contributed by atoms with Gasteiger partial charge in [-0.1, -0.05) is 0 Å². The maximum atomic E-state index is 13.3. The lowest BCUT2D eigenvalue weighted by Gasteiger charge is -2.33. The van der Waals surface area contributed by atoms with Gasteiger partial charge in [-0.15, -0.1) is 0 Å². The molecular formula is C12H23F3O2Si. The van der Waals surface area contributed by atoms with Crippen molar-refractivity contribution in [2.45, 2.75) is 50.9 Å². The van der Waals surface area contributed by atoms with Crippen molar-refractivity contribution in [1.82, 2.24) is 0 Å². The fourth-order valence-electron chi connectivity index (χ4n) is 2.56. The molecule has 0 radical (unpaired) electrons. The minimum atomic E-state index is -3.06. The number of hydrogen-bond acceptors (Lipinski definition) is 2. The lowest BCUT2D eigenvalue weighted by atomic mass is 9.84. The van der Waals surface area contributed by atoms with E-state index in [0.29, 0.717) is 19.3 Å². The summed E-state index contributed by atoms with van der Waals surface area (Å²) in [5.74, 6) is -4.12. The molecule has 3 unspecified atom stereocenters. The summed E-state index contributed by atoms with van der Waals surface area (Å²) in [5.41, 5.74) is -2.23. The highest BCUT2D eigenvalue weighted by Crippen LogP contribution is 2.61. The fraction of sp³-hybridized carbons (Fsp3) is 1.00. The second-order valence-electron chi connectivity index (χ2n) is 5.71. The average Bonchev–Trinajstić information content (AvgIpc) is 2.84. The third-order valence-electron chi connectivity index (χ3n) is 4.35. The lowest BCUT2D eigenvalue weighted by Crippen LogP contribution is -2.46. The van der Waals surface area contributed by atoms with Crippen LogP contribution in [0.15, 0.2) is 0 Å². The first kappa shape index (κ1) is 16.0. The van der Waals surface area contributed by atoms with Gasteiger partial charge in [-0.2, -0.15) is 0 Å².